The van der Waals surface area contributed by atoms with Crippen LogP contribution in [-0.2, 0) is 6.42 Å². The van der Waals surface area contributed by atoms with Crippen LogP contribution >= 0.6 is 12.2 Å². The Morgan fingerprint density at radius 3 is 2.62 bits per heavy atom. The molecule has 16 heavy (non-hydrogen) atoms. The van der Waals surface area contributed by atoms with Crippen molar-refractivity contribution >= 4 is 28.0 Å². The highest BCUT2D eigenvalue weighted by molar-refractivity contribution is 7.80. The Bertz CT molecular complexity index is 531. The fourth-order valence-electron chi connectivity index (χ4n) is 2.00. The van der Waals surface area contributed by atoms with Gasteiger partial charge >= 0.3 is 0 Å². The molecule has 0 aliphatic rings. The number of aryl methyl sites for hydroxylation is 1. The standard InChI is InChI=1S/C14H15NS/c1-3-10-8-9-11-6-4-5-7-12(11)13(10)14(16)15-2/h4-9H,3H2,1-2H3,(H,15,16). The minimum atomic E-state index is 0.827. The van der Waals surface area contributed by atoms with Crippen molar-refractivity contribution in [2.45, 2.75) is 13.3 Å². The number of hydrogen-bond donors (Lipinski definition) is 1. The van der Waals surface area contributed by atoms with Crippen LogP contribution in [0.4, 0.5) is 0 Å². The molecule has 0 atom stereocenters. The molecule has 0 saturated heterocycles. The van der Waals surface area contributed by atoms with Crippen molar-refractivity contribution in [2.24, 2.45) is 0 Å². The SMILES string of the molecule is CCc1ccc2ccccc2c1C(=S)NC. The Hall–Kier alpha value is -1.41. The van der Waals surface area contributed by atoms with Crippen LogP contribution in [0.3, 0.4) is 0 Å². The van der Waals surface area contributed by atoms with Gasteiger partial charge < -0.3 is 5.32 Å². The van der Waals surface area contributed by atoms with Gasteiger partial charge in [0.15, 0.2) is 0 Å². The van der Waals surface area contributed by atoms with E-state index in [0.29, 0.717) is 0 Å². The van der Waals surface area contributed by atoms with E-state index in [0.717, 1.165) is 11.4 Å². The molecular weight excluding hydrogens is 214 g/mol. The minimum Gasteiger partial charge on any atom is -0.379 e. The summed E-state index contributed by atoms with van der Waals surface area (Å²) < 4.78 is 0. The van der Waals surface area contributed by atoms with E-state index in [1.807, 2.05) is 7.05 Å². The van der Waals surface area contributed by atoms with Gasteiger partial charge in [0.25, 0.3) is 0 Å². The molecule has 0 amide bonds. The Kier molecular flexibility index (Phi) is 3.20. The van der Waals surface area contributed by atoms with Gasteiger partial charge in [-0.3, -0.25) is 0 Å². The number of hydrogen-bond acceptors (Lipinski definition) is 1. The maximum absolute atomic E-state index is 5.39. The van der Waals surface area contributed by atoms with Crippen LogP contribution in [0.25, 0.3) is 10.8 Å². The van der Waals surface area contributed by atoms with Gasteiger partial charge in [0.2, 0.25) is 0 Å². The summed E-state index contributed by atoms with van der Waals surface area (Å²) in [4.78, 5) is 0.827. The van der Waals surface area contributed by atoms with Gasteiger partial charge in [0.1, 0.15) is 4.99 Å². The van der Waals surface area contributed by atoms with Gasteiger partial charge in [0, 0.05) is 12.6 Å². The van der Waals surface area contributed by atoms with Crippen LogP contribution < -0.4 is 5.32 Å². The second-order valence-electron chi connectivity index (χ2n) is 3.75. The van der Waals surface area contributed by atoms with Gasteiger partial charge in [-0.25, -0.2) is 0 Å². The molecule has 0 aliphatic heterocycles. The third-order valence-electron chi connectivity index (χ3n) is 2.85. The monoisotopic (exact) mass is 229 g/mol. The summed E-state index contributed by atoms with van der Waals surface area (Å²) in [7, 11) is 1.88. The topological polar surface area (TPSA) is 12.0 Å². The fraction of sp³-hybridized carbons (Fsp3) is 0.214. The van der Waals surface area contributed by atoms with E-state index in [2.05, 4.69) is 48.6 Å². The van der Waals surface area contributed by atoms with Crippen LogP contribution in [0.1, 0.15) is 18.1 Å². The number of rotatable bonds is 2. The van der Waals surface area contributed by atoms with Crippen molar-refractivity contribution in [3.63, 3.8) is 0 Å². The van der Waals surface area contributed by atoms with Gasteiger partial charge in [-0.05, 0) is 22.8 Å². The lowest BCUT2D eigenvalue weighted by molar-refractivity contribution is 1.12. The molecular formula is C14H15NS. The Labute approximate surface area is 101 Å². The Morgan fingerprint density at radius 1 is 1.19 bits per heavy atom. The van der Waals surface area contributed by atoms with Crippen LogP contribution in [-0.4, -0.2) is 12.0 Å². The highest BCUT2D eigenvalue weighted by atomic mass is 32.1. The van der Waals surface area contributed by atoms with Gasteiger partial charge in [0.05, 0.1) is 0 Å². The first kappa shape index (κ1) is 11.1. The fourth-order valence-corrected chi connectivity index (χ4v) is 2.25. The summed E-state index contributed by atoms with van der Waals surface area (Å²) in [6.07, 6.45) is 1.00. The number of fused-ring (bicyclic) bond motifs is 1. The minimum absolute atomic E-state index is 0.827. The molecule has 2 aromatic carbocycles. The molecule has 0 bridgehead atoms. The zero-order valence-corrected chi connectivity index (χ0v) is 10.4. The Balaban J connectivity index is 2.78. The van der Waals surface area contributed by atoms with Crippen molar-refractivity contribution in [1.29, 1.82) is 0 Å². The first-order valence-electron chi connectivity index (χ1n) is 5.50. The Morgan fingerprint density at radius 2 is 1.94 bits per heavy atom. The van der Waals surface area contributed by atoms with Crippen LogP contribution in [0, 0.1) is 0 Å². The van der Waals surface area contributed by atoms with Crippen molar-refractivity contribution in [2.75, 3.05) is 7.05 Å². The predicted octanol–water partition coefficient (Wildman–Crippen LogP) is 3.30. The van der Waals surface area contributed by atoms with Gasteiger partial charge in [-0.15, -0.1) is 0 Å². The highest BCUT2D eigenvalue weighted by Gasteiger charge is 2.09. The first-order valence-corrected chi connectivity index (χ1v) is 5.91. The molecule has 2 aromatic rings. The van der Waals surface area contributed by atoms with Crippen molar-refractivity contribution in [1.82, 2.24) is 5.32 Å². The second kappa shape index (κ2) is 4.62. The van der Waals surface area contributed by atoms with Crippen LogP contribution in [0.5, 0.6) is 0 Å². The molecule has 2 rings (SSSR count). The third-order valence-corrected chi connectivity index (χ3v) is 3.26. The summed E-state index contributed by atoms with van der Waals surface area (Å²) in [6.45, 7) is 2.16. The predicted molar refractivity (Wildman–Crippen MR) is 74.1 cm³/mol. The largest absolute Gasteiger partial charge is 0.379 e. The number of benzene rings is 2. The van der Waals surface area contributed by atoms with Crippen LogP contribution in [0.15, 0.2) is 36.4 Å². The molecule has 0 radical (unpaired) electrons. The molecule has 0 heterocycles. The van der Waals surface area contributed by atoms with E-state index in [9.17, 15) is 0 Å². The summed E-state index contributed by atoms with van der Waals surface area (Å²) in [5.74, 6) is 0. The van der Waals surface area contributed by atoms with E-state index in [-0.39, 0.29) is 0 Å². The maximum Gasteiger partial charge on any atom is 0.107 e. The third kappa shape index (κ3) is 1.81. The van der Waals surface area contributed by atoms with E-state index in [1.165, 1.54) is 21.9 Å². The quantitative estimate of drug-likeness (QED) is 0.793. The van der Waals surface area contributed by atoms with Crippen molar-refractivity contribution in [3.8, 4) is 0 Å². The molecule has 1 N–H and O–H groups in total. The second-order valence-corrected chi connectivity index (χ2v) is 4.16. The summed E-state index contributed by atoms with van der Waals surface area (Å²) in [5.41, 5.74) is 2.48. The number of thiocarbonyl (C=S) groups is 1. The molecule has 82 valence electrons. The van der Waals surface area contributed by atoms with E-state index in [1.54, 1.807) is 0 Å². The van der Waals surface area contributed by atoms with Gasteiger partial charge in [-0.1, -0.05) is 55.5 Å². The molecule has 0 saturated carbocycles. The average molecular weight is 229 g/mol. The smallest absolute Gasteiger partial charge is 0.107 e. The summed E-state index contributed by atoms with van der Waals surface area (Å²) >= 11 is 5.39. The van der Waals surface area contributed by atoms with E-state index < -0.39 is 0 Å². The highest BCUT2D eigenvalue weighted by Crippen LogP contribution is 2.23. The first-order chi connectivity index (χ1) is 7.77. The molecule has 0 fully saturated rings. The maximum atomic E-state index is 5.39. The molecule has 0 aliphatic carbocycles. The van der Waals surface area contributed by atoms with Crippen molar-refractivity contribution < 1.29 is 0 Å². The molecule has 2 heteroatoms. The summed E-state index contributed by atoms with van der Waals surface area (Å²) in [5, 5.41) is 5.56. The normalized spacial score (nSPS) is 10.4. The van der Waals surface area contributed by atoms with Gasteiger partial charge in [-0.2, -0.15) is 0 Å². The van der Waals surface area contributed by atoms with E-state index in [4.69, 9.17) is 12.2 Å². The zero-order valence-electron chi connectivity index (χ0n) is 9.58. The average Bonchev–Trinajstić information content (AvgIpc) is 2.36. The van der Waals surface area contributed by atoms with Crippen molar-refractivity contribution in [3.05, 3.63) is 47.5 Å². The zero-order chi connectivity index (χ0) is 11.5. The molecule has 0 aromatic heterocycles. The molecule has 1 nitrogen and oxygen atoms in total. The van der Waals surface area contributed by atoms with E-state index >= 15 is 0 Å². The number of nitrogens with one attached hydrogen (secondary N) is 1. The summed E-state index contributed by atoms with van der Waals surface area (Å²) in [6, 6.07) is 12.7. The lowest BCUT2D eigenvalue weighted by Gasteiger charge is -2.12. The lowest BCUT2D eigenvalue weighted by atomic mass is 9.97. The van der Waals surface area contributed by atoms with Crippen LogP contribution in [0.2, 0.25) is 0 Å². The molecule has 0 unspecified atom stereocenters. The lowest BCUT2D eigenvalue weighted by Crippen LogP contribution is -2.18. The molecule has 0 spiro atoms.